The van der Waals surface area contributed by atoms with Crippen molar-refractivity contribution in [3.8, 4) is 0 Å². The van der Waals surface area contributed by atoms with E-state index in [2.05, 4.69) is 55.5 Å². The van der Waals surface area contributed by atoms with Gasteiger partial charge in [0.15, 0.2) is 0 Å². The molecule has 0 N–H and O–H groups in total. The van der Waals surface area contributed by atoms with E-state index in [0.29, 0.717) is 0 Å². The minimum atomic E-state index is -0.682. The lowest BCUT2D eigenvalue weighted by atomic mass is 9.60. The Morgan fingerprint density at radius 1 is 0.760 bits per heavy atom. The van der Waals surface area contributed by atoms with Gasteiger partial charge in [-0.05, 0) is 30.0 Å². The highest BCUT2D eigenvalue weighted by atomic mass is 16.1. The number of carbonyl (C=O) groups excluding carboxylic acids is 1. The smallest absolute Gasteiger partial charge is 0.145 e. The Bertz CT molecular complexity index is 767. The van der Waals surface area contributed by atoms with Crippen molar-refractivity contribution in [3.63, 3.8) is 0 Å². The van der Waals surface area contributed by atoms with Crippen LogP contribution in [0.25, 0.3) is 0 Å². The summed E-state index contributed by atoms with van der Waals surface area (Å²) in [6, 6.07) is 30.8. The van der Waals surface area contributed by atoms with Gasteiger partial charge in [0.1, 0.15) is 5.78 Å². The standard InChI is InChI=1S/C24H24O/c1-3-23(20-13-7-4-8-14-20)24(19(2)25,21-15-9-5-10-16-21)22-17-11-6-12-18-22/h4-18,23H,3H2,1-2H3/t23-/m1/s1. The molecule has 0 aliphatic heterocycles. The topological polar surface area (TPSA) is 17.1 Å². The van der Waals surface area contributed by atoms with Crippen LogP contribution in [0.5, 0.6) is 0 Å². The average molecular weight is 328 g/mol. The summed E-state index contributed by atoms with van der Waals surface area (Å²) < 4.78 is 0. The maximum atomic E-state index is 13.2. The third-order valence-corrected chi connectivity index (χ3v) is 5.15. The molecule has 3 aromatic rings. The monoisotopic (exact) mass is 328 g/mol. The summed E-state index contributed by atoms with van der Waals surface area (Å²) in [5.41, 5.74) is 2.64. The van der Waals surface area contributed by atoms with E-state index in [1.54, 1.807) is 6.92 Å². The van der Waals surface area contributed by atoms with Gasteiger partial charge in [-0.25, -0.2) is 0 Å². The van der Waals surface area contributed by atoms with Crippen molar-refractivity contribution in [3.05, 3.63) is 108 Å². The van der Waals surface area contributed by atoms with E-state index in [1.165, 1.54) is 5.56 Å². The molecule has 0 heterocycles. The molecule has 1 heteroatoms. The van der Waals surface area contributed by atoms with Crippen LogP contribution >= 0.6 is 0 Å². The van der Waals surface area contributed by atoms with Gasteiger partial charge in [-0.3, -0.25) is 4.79 Å². The Balaban J connectivity index is 2.33. The van der Waals surface area contributed by atoms with Crippen molar-refractivity contribution >= 4 is 5.78 Å². The highest BCUT2D eigenvalue weighted by Gasteiger charge is 2.46. The zero-order chi connectivity index (χ0) is 17.7. The van der Waals surface area contributed by atoms with Crippen LogP contribution in [0.3, 0.4) is 0 Å². The third-order valence-electron chi connectivity index (χ3n) is 5.15. The van der Waals surface area contributed by atoms with Gasteiger partial charge in [-0.2, -0.15) is 0 Å². The molecular formula is C24H24O. The molecule has 1 atom stereocenters. The SMILES string of the molecule is CC[C@H](c1ccccc1)C(C(C)=O)(c1ccccc1)c1ccccc1. The second-order valence-corrected chi connectivity index (χ2v) is 6.47. The number of hydrogen-bond acceptors (Lipinski definition) is 1. The molecular weight excluding hydrogens is 304 g/mol. The Hall–Kier alpha value is -2.67. The van der Waals surface area contributed by atoms with E-state index in [-0.39, 0.29) is 11.7 Å². The van der Waals surface area contributed by atoms with Crippen LogP contribution in [-0.2, 0) is 10.2 Å². The van der Waals surface area contributed by atoms with Crippen molar-refractivity contribution in [2.45, 2.75) is 31.6 Å². The van der Waals surface area contributed by atoms with Crippen LogP contribution in [-0.4, -0.2) is 5.78 Å². The summed E-state index contributed by atoms with van der Waals surface area (Å²) >= 11 is 0. The quantitative estimate of drug-likeness (QED) is 0.562. The molecule has 0 unspecified atom stereocenters. The molecule has 126 valence electrons. The summed E-state index contributed by atoms with van der Waals surface area (Å²) in [5, 5.41) is 0. The zero-order valence-corrected chi connectivity index (χ0v) is 14.9. The molecule has 0 aliphatic rings. The normalized spacial score (nSPS) is 12.6. The molecule has 0 bridgehead atoms. The summed E-state index contributed by atoms with van der Waals surface area (Å²) in [5.74, 6) is 0.261. The number of benzene rings is 3. The predicted molar refractivity (Wildman–Crippen MR) is 104 cm³/mol. The number of rotatable bonds is 6. The van der Waals surface area contributed by atoms with E-state index in [1.807, 2.05) is 42.5 Å². The fourth-order valence-corrected chi connectivity index (χ4v) is 4.10. The Morgan fingerprint density at radius 2 is 1.16 bits per heavy atom. The van der Waals surface area contributed by atoms with Crippen LogP contribution in [0.4, 0.5) is 0 Å². The van der Waals surface area contributed by atoms with Crippen molar-refractivity contribution in [2.75, 3.05) is 0 Å². The molecule has 3 aromatic carbocycles. The van der Waals surface area contributed by atoms with Gasteiger partial charge in [-0.1, -0.05) is 97.9 Å². The third kappa shape index (κ3) is 3.02. The van der Waals surface area contributed by atoms with Crippen molar-refractivity contribution in [1.29, 1.82) is 0 Å². The van der Waals surface area contributed by atoms with Crippen molar-refractivity contribution in [1.82, 2.24) is 0 Å². The van der Waals surface area contributed by atoms with Crippen LogP contribution in [0.15, 0.2) is 91.0 Å². The fraction of sp³-hybridized carbons (Fsp3) is 0.208. The predicted octanol–water partition coefficient (Wildman–Crippen LogP) is 5.76. The molecule has 0 amide bonds. The highest BCUT2D eigenvalue weighted by Crippen LogP contribution is 2.47. The van der Waals surface area contributed by atoms with Gasteiger partial charge < -0.3 is 0 Å². The number of hydrogen-bond donors (Lipinski definition) is 0. The van der Waals surface area contributed by atoms with Crippen LogP contribution < -0.4 is 0 Å². The average Bonchev–Trinajstić information content (AvgIpc) is 2.68. The zero-order valence-electron chi connectivity index (χ0n) is 14.9. The van der Waals surface area contributed by atoms with Crippen LogP contribution in [0.2, 0.25) is 0 Å². The second kappa shape index (κ2) is 7.48. The lowest BCUT2D eigenvalue weighted by Gasteiger charge is -2.40. The van der Waals surface area contributed by atoms with Gasteiger partial charge in [0.2, 0.25) is 0 Å². The largest absolute Gasteiger partial charge is 0.299 e. The van der Waals surface area contributed by atoms with Crippen LogP contribution in [0.1, 0.15) is 42.9 Å². The molecule has 0 radical (unpaired) electrons. The summed E-state index contributed by atoms with van der Waals surface area (Å²) in [7, 11) is 0. The van der Waals surface area contributed by atoms with Crippen molar-refractivity contribution < 1.29 is 4.79 Å². The van der Waals surface area contributed by atoms with Gasteiger partial charge in [0.25, 0.3) is 0 Å². The molecule has 0 spiro atoms. The maximum Gasteiger partial charge on any atom is 0.145 e. The van der Waals surface area contributed by atoms with E-state index in [0.717, 1.165) is 17.5 Å². The molecule has 3 rings (SSSR count). The summed E-state index contributed by atoms with van der Waals surface area (Å²) in [4.78, 5) is 13.2. The first kappa shape index (κ1) is 17.2. The van der Waals surface area contributed by atoms with E-state index in [4.69, 9.17) is 0 Å². The first-order chi connectivity index (χ1) is 12.2. The van der Waals surface area contributed by atoms with Gasteiger partial charge in [0, 0.05) is 5.92 Å². The molecule has 0 aromatic heterocycles. The minimum absolute atomic E-state index is 0.0796. The Morgan fingerprint density at radius 3 is 1.52 bits per heavy atom. The van der Waals surface area contributed by atoms with E-state index in [9.17, 15) is 4.79 Å². The summed E-state index contributed by atoms with van der Waals surface area (Å²) in [6.07, 6.45) is 0.882. The van der Waals surface area contributed by atoms with Crippen molar-refractivity contribution in [2.24, 2.45) is 0 Å². The van der Waals surface area contributed by atoms with Gasteiger partial charge in [-0.15, -0.1) is 0 Å². The molecule has 0 saturated heterocycles. The minimum Gasteiger partial charge on any atom is -0.299 e. The van der Waals surface area contributed by atoms with Gasteiger partial charge in [0.05, 0.1) is 5.41 Å². The lowest BCUT2D eigenvalue weighted by Crippen LogP contribution is -2.41. The van der Waals surface area contributed by atoms with Crippen LogP contribution in [0, 0.1) is 0 Å². The lowest BCUT2D eigenvalue weighted by molar-refractivity contribution is -0.121. The molecule has 25 heavy (non-hydrogen) atoms. The molecule has 0 aliphatic carbocycles. The maximum absolute atomic E-state index is 13.2. The number of carbonyl (C=O) groups is 1. The number of ketones is 1. The first-order valence-electron chi connectivity index (χ1n) is 8.88. The molecule has 0 fully saturated rings. The highest BCUT2D eigenvalue weighted by molar-refractivity contribution is 5.93. The molecule has 1 nitrogen and oxygen atoms in total. The molecule has 0 saturated carbocycles. The Labute approximate surface area is 150 Å². The Kier molecular flexibility index (Phi) is 5.14. The van der Waals surface area contributed by atoms with E-state index < -0.39 is 5.41 Å². The second-order valence-electron chi connectivity index (χ2n) is 6.47. The summed E-state index contributed by atoms with van der Waals surface area (Å²) in [6.45, 7) is 3.90. The van der Waals surface area contributed by atoms with Gasteiger partial charge >= 0.3 is 0 Å². The number of Topliss-reactive ketones (excluding diaryl/α,β-unsaturated/α-hetero) is 1. The van der Waals surface area contributed by atoms with E-state index >= 15 is 0 Å². The first-order valence-corrected chi connectivity index (χ1v) is 8.88. The fourth-order valence-electron chi connectivity index (χ4n) is 4.10.